The molecular formula is C13H18N2O2S. The number of hydrogen-bond acceptors (Lipinski definition) is 4. The van der Waals surface area contributed by atoms with Gasteiger partial charge in [0.15, 0.2) is 0 Å². The van der Waals surface area contributed by atoms with E-state index in [1.165, 1.54) is 18.6 Å². The monoisotopic (exact) mass is 266 g/mol. The van der Waals surface area contributed by atoms with Crippen molar-refractivity contribution in [2.24, 2.45) is 0 Å². The molecule has 1 aromatic carbocycles. The van der Waals surface area contributed by atoms with E-state index in [1.54, 1.807) is 25.3 Å². The lowest BCUT2D eigenvalue weighted by atomic mass is 10.1. The van der Waals surface area contributed by atoms with E-state index in [2.05, 4.69) is 5.32 Å². The van der Waals surface area contributed by atoms with E-state index in [9.17, 15) is 4.79 Å². The zero-order chi connectivity index (χ0) is 13.0. The Balaban J connectivity index is 2.00. The van der Waals surface area contributed by atoms with Crippen LogP contribution in [-0.2, 0) is 0 Å². The van der Waals surface area contributed by atoms with Gasteiger partial charge in [-0.05, 0) is 36.8 Å². The highest BCUT2D eigenvalue weighted by Crippen LogP contribution is 2.26. The van der Waals surface area contributed by atoms with E-state index >= 15 is 0 Å². The van der Waals surface area contributed by atoms with Crippen LogP contribution in [0.5, 0.6) is 5.75 Å². The van der Waals surface area contributed by atoms with Gasteiger partial charge in [0.25, 0.3) is 5.91 Å². The Morgan fingerprint density at radius 2 is 2.44 bits per heavy atom. The van der Waals surface area contributed by atoms with Gasteiger partial charge in [0, 0.05) is 17.5 Å². The van der Waals surface area contributed by atoms with Crippen molar-refractivity contribution >= 4 is 23.4 Å². The number of ether oxygens (including phenoxy) is 1. The van der Waals surface area contributed by atoms with Gasteiger partial charge in [0.1, 0.15) is 5.75 Å². The molecule has 1 saturated heterocycles. The second kappa shape index (κ2) is 6.00. The number of nitrogens with two attached hydrogens (primary N) is 1. The Hall–Kier alpha value is -1.36. The molecule has 18 heavy (non-hydrogen) atoms. The van der Waals surface area contributed by atoms with Crippen molar-refractivity contribution < 1.29 is 9.53 Å². The van der Waals surface area contributed by atoms with Gasteiger partial charge in [-0.1, -0.05) is 0 Å². The van der Waals surface area contributed by atoms with Crippen LogP contribution in [0.1, 0.15) is 23.2 Å². The first-order valence-electron chi connectivity index (χ1n) is 6.04. The molecule has 1 aliphatic rings. The van der Waals surface area contributed by atoms with E-state index in [0.717, 1.165) is 0 Å². The van der Waals surface area contributed by atoms with Crippen LogP contribution in [0.4, 0.5) is 5.69 Å². The van der Waals surface area contributed by atoms with Crippen molar-refractivity contribution in [3.8, 4) is 5.75 Å². The molecule has 0 saturated carbocycles. The van der Waals surface area contributed by atoms with Crippen molar-refractivity contribution in [2.75, 3.05) is 25.1 Å². The first-order valence-corrected chi connectivity index (χ1v) is 7.09. The number of carbonyl (C=O) groups excluding carboxylic acids is 1. The van der Waals surface area contributed by atoms with E-state index in [-0.39, 0.29) is 5.91 Å². The van der Waals surface area contributed by atoms with Gasteiger partial charge < -0.3 is 15.8 Å². The Morgan fingerprint density at radius 1 is 1.61 bits per heavy atom. The van der Waals surface area contributed by atoms with Gasteiger partial charge in [0.05, 0.1) is 12.7 Å². The summed E-state index contributed by atoms with van der Waals surface area (Å²) in [5.41, 5.74) is 6.76. The number of rotatable bonds is 4. The summed E-state index contributed by atoms with van der Waals surface area (Å²) in [6.07, 6.45) is 2.42. The minimum Gasteiger partial charge on any atom is -0.496 e. The van der Waals surface area contributed by atoms with Crippen molar-refractivity contribution in [2.45, 2.75) is 18.1 Å². The third-order valence-electron chi connectivity index (χ3n) is 2.98. The maximum Gasteiger partial charge on any atom is 0.255 e. The Labute approximate surface area is 111 Å². The van der Waals surface area contributed by atoms with Crippen LogP contribution in [0.25, 0.3) is 0 Å². The molecule has 1 fully saturated rings. The van der Waals surface area contributed by atoms with Crippen molar-refractivity contribution in [1.82, 2.24) is 5.32 Å². The molecule has 5 heteroatoms. The topological polar surface area (TPSA) is 64.3 Å². The summed E-state index contributed by atoms with van der Waals surface area (Å²) in [5.74, 6) is 1.63. The van der Waals surface area contributed by atoms with E-state index in [0.29, 0.717) is 28.8 Å². The highest BCUT2D eigenvalue weighted by Gasteiger charge is 2.18. The minimum absolute atomic E-state index is 0.119. The predicted octanol–water partition coefficient (Wildman–Crippen LogP) is 1.90. The van der Waals surface area contributed by atoms with Gasteiger partial charge in [-0.15, -0.1) is 0 Å². The molecule has 0 radical (unpaired) electrons. The maximum atomic E-state index is 12.1. The second-order valence-corrected chi connectivity index (χ2v) is 5.71. The van der Waals surface area contributed by atoms with E-state index in [1.807, 2.05) is 11.8 Å². The van der Waals surface area contributed by atoms with Gasteiger partial charge in [-0.3, -0.25) is 4.79 Å². The summed E-state index contributed by atoms with van der Waals surface area (Å²) < 4.78 is 5.17. The highest BCUT2D eigenvalue weighted by atomic mass is 32.2. The number of amides is 1. The van der Waals surface area contributed by atoms with Crippen LogP contribution in [0.15, 0.2) is 18.2 Å². The smallest absolute Gasteiger partial charge is 0.255 e. The lowest BCUT2D eigenvalue weighted by molar-refractivity contribution is 0.0950. The Bertz CT molecular complexity index is 431. The Morgan fingerprint density at radius 3 is 3.11 bits per heavy atom. The molecule has 0 aliphatic carbocycles. The van der Waals surface area contributed by atoms with E-state index < -0.39 is 0 Å². The molecule has 0 spiro atoms. The summed E-state index contributed by atoms with van der Waals surface area (Å²) >= 11 is 1.92. The zero-order valence-electron chi connectivity index (χ0n) is 10.4. The third-order valence-corrected chi connectivity index (χ3v) is 4.38. The van der Waals surface area contributed by atoms with Crippen molar-refractivity contribution in [3.63, 3.8) is 0 Å². The molecule has 1 heterocycles. The quantitative estimate of drug-likeness (QED) is 0.817. The van der Waals surface area contributed by atoms with Crippen molar-refractivity contribution in [1.29, 1.82) is 0 Å². The first kappa shape index (κ1) is 13.1. The number of nitrogens with one attached hydrogen (secondary N) is 1. The van der Waals surface area contributed by atoms with Crippen LogP contribution in [0.2, 0.25) is 0 Å². The predicted molar refractivity (Wildman–Crippen MR) is 75.2 cm³/mol. The van der Waals surface area contributed by atoms with Crippen LogP contribution in [0, 0.1) is 0 Å². The average molecular weight is 266 g/mol. The molecule has 4 nitrogen and oxygen atoms in total. The van der Waals surface area contributed by atoms with Gasteiger partial charge in [0.2, 0.25) is 0 Å². The number of carbonyl (C=O) groups is 1. The molecule has 0 bridgehead atoms. The Kier molecular flexibility index (Phi) is 4.36. The van der Waals surface area contributed by atoms with Gasteiger partial charge in [-0.25, -0.2) is 0 Å². The minimum atomic E-state index is -0.119. The molecule has 2 rings (SSSR count). The number of methoxy groups -OCH3 is 1. The van der Waals surface area contributed by atoms with Crippen LogP contribution in [0.3, 0.4) is 0 Å². The number of hydrogen-bond donors (Lipinski definition) is 2. The van der Waals surface area contributed by atoms with Gasteiger partial charge in [-0.2, -0.15) is 11.8 Å². The molecule has 1 aliphatic heterocycles. The average Bonchev–Trinajstić information content (AvgIpc) is 2.89. The summed E-state index contributed by atoms with van der Waals surface area (Å²) in [7, 11) is 1.55. The summed E-state index contributed by atoms with van der Waals surface area (Å²) in [6.45, 7) is 0.710. The highest BCUT2D eigenvalue weighted by molar-refractivity contribution is 8.00. The summed E-state index contributed by atoms with van der Waals surface area (Å²) in [5, 5.41) is 3.49. The van der Waals surface area contributed by atoms with E-state index in [4.69, 9.17) is 10.5 Å². The fourth-order valence-corrected chi connectivity index (χ4v) is 3.21. The first-order chi connectivity index (χ1) is 8.70. The molecule has 1 amide bonds. The summed E-state index contributed by atoms with van der Waals surface area (Å²) in [4.78, 5) is 12.1. The standard InChI is InChI=1S/C13H18N2O2S/c1-17-12-5-4-9(14)7-11(12)13(16)15-8-10-3-2-6-18-10/h4-5,7,10H,2-3,6,8,14H2,1H3,(H,15,16). The van der Waals surface area contributed by atoms with Gasteiger partial charge >= 0.3 is 0 Å². The SMILES string of the molecule is COc1ccc(N)cc1C(=O)NCC1CCCS1. The van der Waals surface area contributed by atoms with Crippen molar-refractivity contribution in [3.05, 3.63) is 23.8 Å². The maximum absolute atomic E-state index is 12.1. The fraction of sp³-hybridized carbons (Fsp3) is 0.462. The van der Waals surface area contributed by atoms with Crippen LogP contribution < -0.4 is 15.8 Å². The normalized spacial score (nSPS) is 18.6. The number of anilines is 1. The zero-order valence-corrected chi connectivity index (χ0v) is 11.3. The number of thioether (sulfide) groups is 1. The number of benzene rings is 1. The molecule has 98 valence electrons. The molecule has 3 N–H and O–H groups in total. The molecular weight excluding hydrogens is 248 g/mol. The summed E-state index contributed by atoms with van der Waals surface area (Å²) in [6, 6.07) is 5.09. The molecule has 1 unspecified atom stereocenters. The fourth-order valence-electron chi connectivity index (χ4n) is 2.01. The molecule has 1 atom stereocenters. The lowest BCUT2D eigenvalue weighted by Gasteiger charge is -2.12. The molecule has 0 aromatic heterocycles. The van der Waals surface area contributed by atoms with Crippen LogP contribution >= 0.6 is 11.8 Å². The van der Waals surface area contributed by atoms with Crippen LogP contribution in [-0.4, -0.2) is 30.6 Å². The lowest BCUT2D eigenvalue weighted by Crippen LogP contribution is -2.30. The third kappa shape index (κ3) is 3.10. The molecule has 1 aromatic rings. The second-order valence-electron chi connectivity index (χ2n) is 4.30. The largest absolute Gasteiger partial charge is 0.496 e. The number of nitrogen functional groups attached to an aromatic ring is 1.